The van der Waals surface area contributed by atoms with Crippen LogP contribution in [-0.4, -0.2) is 0 Å². The molecule has 1 aromatic heterocycles. The van der Waals surface area contributed by atoms with Gasteiger partial charge in [-0.05, 0) is 251 Å². The van der Waals surface area contributed by atoms with E-state index in [1.807, 2.05) is 12.1 Å². The first-order chi connectivity index (χ1) is 59.3. The van der Waals surface area contributed by atoms with E-state index in [9.17, 15) is 0 Å². The van der Waals surface area contributed by atoms with Crippen molar-refractivity contribution in [2.24, 2.45) is 0 Å². The highest BCUT2D eigenvalue weighted by atomic mass is 16.3. The number of hydrogen-bond acceptors (Lipinski definition) is 1. The number of fused-ring (bicyclic) bond motifs is 17. The highest BCUT2D eigenvalue weighted by Gasteiger charge is 2.47. The Labute approximate surface area is 733 Å². The minimum absolute atomic E-state index is 0.0655. The second-order valence-corrected chi connectivity index (χ2v) is 36.5. The zero-order chi connectivity index (χ0) is 86.1. The molecule has 5 aliphatic rings. The van der Waals surface area contributed by atoms with E-state index in [2.05, 4.69) is 451 Å². The van der Waals surface area contributed by atoms with Crippen LogP contribution in [0.5, 0.6) is 0 Å². The Morgan fingerprint density at radius 2 is 0.504 bits per heavy atom. The molecule has 1 heterocycles. The fourth-order valence-electron chi connectivity index (χ4n) is 20.2. The molecule has 0 saturated heterocycles. The molecule has 0 aliphatic heterocycles. The van der Waals surface area contributed by atoms with Gasteiger partial charge in [-0.1, -0.05) is 440 Å². The first-order valence-electron chi connectivity index (χ1n) is 44.5. The Kier molecular flexibility index (Phi) is 23.9. The van der Waals surface area contributed by atoms with Gasteiger partial charge in [0.25, 0.3) is 0 Å². The smallest absolute Gasteiger partial charge is 0.138 e. The number of furan rings is 1. The molecule has 0 radical (unpaired) electrons. The van der Waals surface area contributed by atoms with E-state index in [0.717, 1.165) is 11.2 Å². The zero-order valence-corrected chi connectivity index (χ0v) is 75.4. The fraction of sp³-hybridized carbons (Fsp3) is 0.213. The monoisotopic (exact) mass is 1600 g/mol. The molecule has 22 rings (SSSR count). The standard InChI is InChI=1S/C27H22.C22H20.C20H22.C17H18.C14H12O.C14H14.C8H10/c1-19-13-15-23-24-16-14-20(2)18-26(24)27(25(23)17-19,21-9-5-3-6-10-21)22-11-7-4-8-12-22;1-15-9-11-18-19-12-10-16(2)14-21(19)22(3,20(18)13-15)17-7-5-4-6-8-17;1-14-6-8-16-17-9-7-15(2)13-19(17)20(18(16)12-14)10-4-3-5-11-20;1-11-5-7-13-14-8-6-12(2)10-16(14)17(3,4)15(13)9-11;1-9-7-8-10(2)14-13(9)11-5-3-4-6-12(11)15-14;1-11-3-7-13(8-4-11)14-9-5-12(2)6-10-14;1-7-3-5-8(2)6-4-7/h3-18H,1-2H3;4-14H,1-3H3;6-9,12-13H,3-5,10-11H2,1-2H3;5-10H,1-4H3;3-8H,1-2H3;3-10H,1-2H3;3-6H,1-2H3. The number of aryl methyl sites for hydroxylation is 14. The van der Waals surface area contributed by atoms with Crippen molar-refractivity contribution in [3.63, 3.8) is 0 Å². The third kappa shape index (κ3) is 16.4. The second-order valence-electron chi connectivity index (χ2n) is 36.5. The van der Waals surface area contributed by atoms with Gasteiger partial charge < -0.3 is 4.42 Å². The topological polar surface area (TPSA) is 13.1 Å². The van der Waals surface area contributed by atoms with Crippen LogP contribution >= 0.6 is 0 Å². The summed E-state index contributed by atoms with van der Waals surface area (Å²) in [5.74, 6) is 0. The minimum Gasteiger partial charge on any atom is -0.456 e. The van der Waals surface area contributed by atoms with E-state index in [4.69, 9.17) is 4.42 Å². The minimum atomic E-state index is -0.273. The summed E-state index contributed by atoms with van der Waals surface area (Å²) in [7, 11) is 0. The molecule has 1 spiro atoms. The van der Waals surface area contributed by atoms with Gasteiger partial charge in [0.15, 0.2) is 0 Å². The van der Waals surface area contributed by atoms with Gasteiger partial charge in [-0.2, -0.15) is 0 Å². The van der Waals surface area contributed by atoms with E-state index in [1.54, 1.807) is 11.1 Å². The summed E-state index contributed by atoms with van der Waals surface area (Å²) in [4.78, 5) is 0. The number of hydrogen-bond donors (Lipinski definition) is 0. The number of para-hydroxylation sites is 1. The second kappa shape index (κ2) is 35.0. The van der Waals surface area contributed by atoms with Crippen LogP contribution in [0, 0.1) is 96.9 Å². The van der Waals surface area contributed by atoms with E-state index in [1.165, 1.54) is 226 Å². The Balaban J connectivity index is 0.000000109. The summed E-state index contributed by atoms with van der Waals surface area (Å²) < 4.78 is 5.86. The first-order valence-corrected chi connectivity index (χ1v) is 44.5. The Morgan fingerprint density at radius 1 is 0.228 bits per heavy atom. The molecule has 0 N–H and O–H groups in total. The molecule has 0 unspecified atom stereocenters. The molecule has 0 amide bonds. The van der Waals surface area contributed by atoms with Gasteiger partial charge in [-0.25, -0.2) is 0 Å². The Morgan fingerprint density at radius 3 is 0.878 bits per heavy atom. The lowest BCUT2D eigenvalue weighted by atomic mass is 9.67. The molecule has 5 aliphatic carbocycles. The van der Waals surface area contributed by atoms with Crippen molar-refractivity contribution in [3.05, 3.63) is 485 Å². The summed E-state index contributed by atoms with van der Waals surface area (Å²) in [6.07, 6.45) is 6.82. The van der Waals surface area contributed by atoms with Crippen LogP contribution in [0.2, 0.25) is 0 Å². The van der Waals surface area contributed by atoms with E-state index < -0.39 is 0 Å². The lowest BCUT2D eigenvalue weighted by Crippen LogP contribution is -2.28. The van der Waals surface area contributed by atoms with Crippen molar-refractivity contribution < 1.29 is 4.42 Å². The Bertz CT molecular complexity index is 6360. The van der Waals surface area contributed by atoms with Crippen molar-refractivity contribution in [1.29, 1.82) is 0 Å². The molecule has 0 bridgehead atoms. The molecule has 123 heavy (non-hydrogen) atoms. The normalized spacial score (nSPS) is 14.0. The summed E-state index contributed by atoms with van der Waals surface area (Å²) in [6, 6.07) is 126. The van der Waals surface area contributed by atoms with Crippen LogP contribution in [0.15, 0.2) is 350 Å². The Hall–Kier alpha value is -12.7. The first kappa shape index (κ1) is 83.9. The zero-order valence-electron chi connectivity index (χ0n) is 75.4. The third-order valence-corrected chi connectivity index (χ3v) is 26.9. The largest absolute Gasteiger partial charge is 0.456 e. The predicted molar refractivity (Wildman–Crippen MR) is 526 cm³/mol. The van der Waals surface area contributed by atoms with Crippen molar-refractivity contribution in [2.45, 2.75) is 171 Å². The summed E-state index contributed by atoms with van der Waals surface area (Å²) in [5, 5.41) is 2.47. The molecular formula is C122H118O. The van der Waals surface area contributed by atoms with Crippen LogP contribution in [0.4, 0.5) is 0 Å². The molecule has 0 atom stereocenters. The van der Waals surface area contributed by atoms with Crippen LogP contribution in [0.3, 0.4) is 0 Å². The molecule has 612 valence electrons. The quantitative estimate of drug-likeness (QED) is 0.171. The van der Waals surface area contributed by atoms with Gasteiger partial charge in [0.2, 0.25) is 0 Å². The van der Waals surface area contributed by atoms with Crippen molar-refractivity contribution in [2.75, 3.05) is 0 Å². The van der Waals surface area contributed by atoms with Crippen LogP contribution < -0.4 is 0 Å². The summed E-state index contributed by atoms with van der Waals surface area (Å²) >= 11 is 0. The highest BCUT2D eigenvalue weighted by Crippen LogP contribution is 2.59. The van der Waals surface area contributed by atoms with Crippen LogP contribution in [-0.2, 0) is 21.7 Å². The van der Waals surface area contributed by atoms with Crippen LogP contribution in [0.25, 0.3) is 77.6 Å². The van der Waals surface area contributed by atoms with Gasteiger partial charge in [0.1, 0.15) is 11.2 Å². The highest BCUT2D eigenvalue weighted by molar-refractivity contribution is 6.07. The van der Waals surface area contributed by atoms with E-state index in [-0.39, 0.29) is 16.2 Å². The van der Waals surface area contributed by atoms with Crippen LogP contribution in [0.1, 0.15) is 192 Å². The molecule has 17 aromatic rings. The van der Waals surface area contributed by atoms with Crippen molar-refractivity contribution in [1.82, 2.24) is 0 Å². The van der Waals surface area contributed by atoms with Gasteiger partial charge in [0.05, 0.1) is 5.41 Å². The maximum absolute atomic E-state index is 5.86. The van der Waals surface area contributed by atoms with E-state index in [0.29, 0.717) is 5.41 Å². The van der Waals surface area contributed by atoms with Crippen molar-refractivity contribution >= 4 is 21.9 Å². The van der Waals surface area contributed by atoms with Gasteiger partial charge in [0, 0.05) is 27.0 Å². The predicted octanol–water partition coefficient (Wildman–Crippen LogP) is 32.9. The number of rotatable bonds is 4. The fourth-order valence-corrected chi connectivity index (χ4v) is 20.2. The maximum atomic E-state index is 5.86. The van der Waals surface area contributed by atoms with Gasteiger partial charge in [-0.3, -0.25) is 0 Å². The summed E-state index contributed by atoms with van der Waals surface area (Å²) in [5.41, 5.74) is 50.3. The average Bonchev–Trinajstić information content (AvgIpc) is 1.55. The molecule has 1 nitrogen and oxygen atoms in total. The third-order valence-electron chi connectivity index (χ3n) is 26.9. The average molecular weight is 1600 g/mol. The molecule has 1 heteroatoms. The lowest BCUT2D eigenvalue weighted by Gasteiger charge is -2.36. The maximum Gasteiger partial charge on any atom is 0.138 e. The SMILES string of the molecule is Cc1ccc(-c2ccc(C)cc2)cc1.Cc1ccc(C)c2c1oc1ccccc12.Cc1ccc(C)cc1.Cc1ccc2c(c1)C(C)(C)c1cc(C)ccc1-2.Cc1ccc2c(c1)C(C)(c1ccccc1)c1cc(C)ccc1-2.Cc1ccc2c(c1)C(c1ccccc1)(c1ccccc1)c1cc(C)ccc1-2.Cc1ccc2c(c1)C1(CCCCC1)c1cc(C)ccc1-2. The molecule has 1 fully saturated rings. The van der Waals surface area contributed by atoms with Crippen molar-refractivity contribution in [3.8, 4) is 55.6 Å². The lowest BCUT2D eigenvalue weighted by molar-refractivity contribution is 0.352. The van der Waals surface area contributed by atoms with Gasteiger partial charge in [-0.15, -0.1) is 0 Å². The number of benzene rings is 16. The molecule has 16 aromatic carbocycles. The van der Waals surface area contributed by atoms with Gasteiger partial charge >= 0.3 is 0 Å². The molecular weight excluding hydrogens is 1480 g/mol. The summed E-state index contributed by atoms with van der Waals surface area (Å²) in [6.45, 7) is 37.2. The molecule has 1 saturated carbocycles. The van der Waals surface area contributed by atoms with E-state index >= 15 is 0 Å².